The molecule has 0 aliphatic rings. The third-order valence-electron chi connectivity index (χ3n) is 4.88. The van der Waals surface area contributed by atoms with Crippen molar-refractivity contribution in [2.24, 2.45) is 20.5 Å². The number of methoxy groups -OCH3 is 1. The van der Waals surface area contributed by atoms with Gasteiger partial charge in [-0.05, 0) is 43.3 Å². The van der Waals surface area contributed by atoms with E-state index in [1.807, 2.05) is 0 Å². The van der Waals surface area contributed by atoms with Crippen LogP contribution in [0, 0.1) is 0 Å². The number of nitrogens with one attached hydrogen (secondary N) is 1. The molecule has 6 N–H and O–H groups in total. The summed E-state index contributed by atoms with van der Waals surface area (Å²) < 4.78 is 38.3. The van der Waals surface area contributed by atoms with Crippen molar-refractivity contribution in [1.29, 1.82) is 0 Å². The van der Waals surface area contributed by atoms with Gasteiger partial charge in [0.05, 0.1) is 29.7 Å². The van der Waals surface area contributed by atoms with E-state index in [4.69, 9.17) is 16.2 Å². The highest BCUT2D eigenvalue weighted by molar-refractivity contribution is 7.86. The largest absolute Gasteiger partial charge is 0.465 e. The van der Waals surface area contributed by atoms with E-state index in [0.717, 1.165) is 6.07 Å². The summed E-state index contributed by atoms with van der Waals surface area (Å²) in [5, 5.41) is 18.6. The molecule has 1 amide bonds. The average Bonchev–Trinajstić information content (AvgIpc) is 2.87. The summed E-state index contributed by atoms with van der Waals surface area (Å²) >= 11 is 0. The number of esters is 1. The lowest BCUT2D eigenvalue weighted by Crippen LogP contribution is -2.22. The molecule has 0 aromatic heterocycles. The van der Waals surface area contributed by atoms with Gasteiger partial charge in [0.2, 0.25) is 0 Å². The second kappa shape index (κ2) is 11.4. The second-order valence-corrected chi connectivity index (χ2v) is 8.75. The lowest BCUT2D eigenvalue weighted by atomic mass is 10.2. The molecule has 192 valence electrons. The summed E-state index contributed by atoms with van der Waals surface area (Å²) in [4.78, 5) is 23.4. The van der Waals surface area contributed by atoms with E-state index in [9.17, 15) is 22.6 Å². The van der Waals surface area contributed by atoms with E-state index in [1.165, 1.54) is 25.3 Å². The molecule has 13 nitrogen and oxygen atoms in total. The fraction of sp³-hybridized carbons (Fsp3) is 0.130. The molecule has 0 radical (unpaired) electrons. The molecular formula is C23H23N7O6S. The molecule has 14 heteroatoms. The number of rotatable bonds is 8. The van der Waals surface area contributed by atoms with Crippen LogP contribution in [-0.4, -0.2) is 38.5 Å². The molecule has 3 aromatic rings. The maximum absolute atomic E-state index is 12.1. The summed E-state index contributed by atoms with van der Waals surface area (Å²) in [5.41, 5.74) is 11.7. The van der Waals surface area contributed by atoms with Crippen molar-refractivity contribution >= 4 is 56.1 Å². The zero-order chi connectivity index (χ0) is 27.2. The fourth-order valence-electron chi connectivity index (χ4n) is 3.10. The smallest absolute Gasteiger partial charge is 0.340 e. The topological polar surface area (TPSA) is 211 Å². The van der Waals surface area contributed by atoms with Crippen molar-refractivity contribution < 1.29 is 27.3 Å². The number of benzene rings is 3. The highest BCUT2D eigenvalue weighted by Crippen LogP contribution is 2.43. The average molecular weight is 526 g/mol. The number of nitrogen functional groups attached to an aromatic ring is 2. The zero-order valence-electron chi connectivity index (χ0n) is 19.7. The number of ether oxygens (including phenoxy) is 1. The number of carbonyl (C=O) groups is 2. The molecule has 0 bridgehead atoms. The van der Waals surface area contributed by atoms with Crippen molar-refractivity contribution in [3.05, 3.63) is 65.7 Å². The summed E-state index contributed by atoms with van der Waals surface area (Å²) in [6, 6.07) is 13.2. The number of amides is 1. The zero-order valence-corrected chi connectivity index (χ0v) is 20.6. The Labute approximate surface area is 212 Å². The van der Waals surface area contributed by atoms with Crippen molar-refractivity contribution in [3.63, 3.8) is 0 Å². The van der Waals surface area contributed by atoms with Crippen molar-refractivity contribution in [2.75, 3.05) is 25.1 Å². The van der Waals surface area contributed by atoms with Crippen LogP contribution in [0.1, 0.15) is 27.6 Å². The maximum atomic E-state index is 12.1. The molecule has 0 unspecified atom stereocenters. The third-order valence-corrected chi connectivity index (χ3v) is 5.78. The van der Waals surface area contributed by atoms with Crippen LogP contribution < -0.4 is 16.8 Å². The quantitative estimate of drug-likeness (QED) is 0.142. The molecule has 0 atom stereocenters. The number of anilines is 2. The number of hydrogen-bond acceptors (Lipinski definition) is 11. The summed E-state index contributed by atoms with van der Waals surface area (Å²) in [5.74, 6) is -0.985. The Morgan fingerprint density at radius 2 is 1.65 bits per heavy atom. The molecule has 3 aromatic carbocycles. The van der Waals surface area contributed by atoms with Crippen LogP contribution in [0.3, 0.4) is 0 Å². The first kappa shape index (κ1) is 26.9. The van der Waals surface area contributed by atoms with Crippen LogP contribution in [-0.2, 0) is 14.9 Å². The first-order valence-electron chi connectivity index (χ1n) is 10.6. The summed E-state index contributed by atoms with van der Waals surface area (Å²) in [7, 11) is -3.62. The van der Waals surface area contributed by atoms with Crippen LogP contribution in [0.15, 0.2) is 79.9 Å². The van der Waals surface area contributed by atoms with Crippen molar-refractivity contribution in [3.8, 4) is 0 Å². The second-order valence-electron chi connectivity index (χ2n) is 7.36. The summed E-state index contributed by atoms with van der Waals surface area (Å²) in [6.45, 7) is 2.22. The van der Waals surface area contributed by atoms with Gasteiger partial charge in [-0.1, -0.05) is 18.2 Å². The van der Waals surface area contributed by atoms with Gasteiger partial charge in [0.25, 0.3) is 16.0 Å². The molecule has 37 heavy (non-hydrogen) atoms. The molecule has 0 aliphatic heterocycles. The van der Waals surface area contributed by atoms with Crippen LogP contribution in [0.25, 0.3) is 0 Å². The molecule has 3 rings (SSSR count). The standard InChI is InChI=1S/C23H23N7O6S/c1-3-26-22(31)13-7-6-8-14(11-13)27-29-17-12-18(37(33,34)35)20(25)21(19(17)24)30-28-16-10-5-4-9-15(16)23(32)36-2/h4-12H,3,24-25H2,1-2H3,(H,26,31)(H,33,34,35). The van der Waals surface area contributed by atoms with E-state index < -0.39 is 26.7 Å². The van der Waals surface area contributed by atoms with E-state index in [1.54, 1.807) is 37.3 Å². The summed E-state index contributed by atoms with van der Waals surface area (Å²) in [6.07, 6.45) is 0. The van der Waals surface area contributed by atoms with Gasteiger partial charge in [0.15, 0.2) is 0 Å². The molecule has 0 heterocycles. The SMILES string of the molecule is CCNC(=O)c1cccc(N=Nc2cc(S(=O)(=O)O)c(N)c(N=Nc3ccccc3C(=O)OC)c2N)c1. The van der Waals surface area contributed by atoms with Crippen molar-refractivity contribution in [2.45, 2.75) is 11.8 Å². The van der Waals surface area contributed by atoms with Crippen molar-refractivity contribution in [1.82, 2.24) is 5.32 Å². The minimum absolute atomic E-state index is 0.0868. The van der Waals surface area contributed by atoms with E-state index in [2.05, 4.69) is 25.8 Å². The van der Waals surface area contributed by atoms with Gasteiger partial charge < -0.3 is 21.5 Å². The monoisotopic (exact) mass is 525 g/mol. The first-order valence-corrected chi connectivity index (χ1v) is 12.1. The van der Waals surface area contributed by atoms with Gasteiger partial charge in [-0.2, -0.15) is 13.5 Å². The number of carbonyl (C=O) groups excluding carboxylic acids is 2. The number of hydrogen-bond donors (Lipinski definition) is 4. The molecule has 0 fully saturated rings. The Kier molecular flexibility index (Phi) is 8.26. The van der Waals surface area contributed by atoms with Gasteiger partial charge in [-0.3, -0.25) is 9.35 Å². The van der Waals surface area contributed by atoms with Crippen LogP contribution in [0.5, 0.6) is 0 Å². The Hall–Kier alpha value is -4.69. The van der Waals surface area contributed by atoms with Crippen LogP contribution in [0.2, 0.25) is 0 Å². The van der Waals surface area contributed by atoms with Gasteiger partial charge in [0, 0.05) is 12.1 Å². The molecule has 0 spiro atoms. The molecule has 0 aliphatic carbocycles. The number of azo groups is 2. The van der Waals surface area contributed by atoms with Gasteiger partial charge in [0.1, 0.15) is 22.0 Å². The predicted molar refractivity (Wildman–Crippen MR) is 136 cm³/mol. The lowest BCUT2D eigenvalue weighted by molar-refractivity contribution is 0.0601. The minimum Gasteiger partial charge on any atom is -0.465 e. The van der Waals surface area contributed by atoms with Gasteiger partial charge in [-0.15, -0.1) is 15.3 Å². The molecule has 0 saturated carbocycles. The lowest BCUT2D eigenvalue weighted by Gasteiger charge is -2.10. The normalized spacial score (nSPS) is 11.6. The Morgan fingerprint density at radius 3 is 2.32 bits per heavy atom. The Balaban J connectivity index is 2.10. The van der Waals surface area contributed by atoms with E-state index in [0.29, 0.717) is 12.1 Å². The molecular weight excluding hydrogens is 502 g/mol. The predicted octanol–water partition coefficient (Wildman–Crippen LogP) is 4.46. The van der Waals surface area contributed by atoms with Gasteiger partial charge >= 0.3 is 5.97 Å². The van der Waals surface area contributed by atoms with Crippen LogP contribution in [0.4, 0.5) is 34.1 Å². The fourth-order valence-corrected chi connectivity index (χ4v) is 3.73. The van der Waals surface area contributed by atoms with E-state index >= 15 is 0 Å². The Bertz CT molecular complexity index is 1520. The molecule has 0 saturated heterocycles. The van der Waals surface area contributed by atoms with Gasteiger partial charge in [-0.25, -0.2) is 4.79 Å². The maximum Gasteiger partial charge on any atom is 0.340 e. The first-order chi connectivity index (χ1) is 17.6. The van der Waals surface area contributed by atoms with Crippen LogP contribution >= 0.6 is 0 Å². The highest BCUT2D eigenvalue weighted by Gasteiger charge is 2.22. The highest BCUT2D eigenvalue weighted by atomic mass is 32.2. The Morgan fingerprint density at radius 1 is 0.946 bits per heavy atom. The third kappa shape index (κ3) is 6.31. The van der Waals surface area contributed by atoms with E-state index in [-0.39, 0.29) is 39.9 Å². The minimum atomic E-state index is -4.82. The number of nitrogens with zero attached hydrogens (tertiary/aromatic N) is 4. The number of nitrogens with two attached hydrogens (primary N) is 2.